The number of carbonyl (C=O) groups excluding carboxylic acids is 1. The number of hydrogen-bond acceptors (Lipinski definition) is 7. The number of nitrogens with zero attached hydrogens (tertiary/aromatic N) is 4. The van der Waals surface area contributed by atoms with Crippen LogP contribution < -0.4 is 5.32 Å². The number of aryl methyl sites for hydroxylation is 1. The first-order valence-corrected chi connectivity index (χ1v) is 13.2. The van der Waals surface area contributed by atoms with E-state index in [9.17, 15) is 13.2 Å². The summed E-state index contributed by atoms with van der Waals surface area (Å²) in [5, 5.41) is 5.91. The Morgan fingerprint density at radius 3 is 2.68 bits per heavy atom. The minimum absolute atomic E-state index is 0.163. The molecule has 0 atom stereocenters. The van der Waals surface area contributed by atoms with E-state index in [2.05, 4.69) is 20.3 Å². The van der Waals surface area contributed by atoms with Crippen molar-refractivity contribution in [2.24, 2.45) is 0 Å². The van der Waals surface area contributed by atoms with Crippen molar-refractivity contribution in [3.8, 4) is 11.3 Å². The molecule has 1 aliphatic rings. The average molecular weight is 497 g/mol. The van der Waals surface area contributed by atoms with E-state index in [1.165, 1.54) is 27.4 Å². The van der Waals surface area contributed by atoms with E-state index < -0.39 is 10.0 Å². The Morgan fingerprint density at radius 1 is 1.15 bits per heavy atom. The third-order valence-corrected chi connectivity index (χ3v) is 8.52. The number of aromatic nitrogens is 3. The molecule has 4 heterocycles. The molecule has 5 rings (SSSR count). The third kappa shape index (κ3) is 4.60. The van der Waals surface area contributed by atoms with Gasteiger partial charge in [-0.25, -0.2) is 18.4 Å². The lowest BCUT2D eigenvalue weighted by molar-refractivity contribution is -0.117. The zero-order valence-corrected chi connectivity index (χ0v) is 20.2. The maximum Gasteiger partial charge on any atom is 0.245 e. The Balaban J connectivity index is 1.16. The molecule has 1 amide bonds. The van der Waals surface area contributed by atoms with Gasteiger partial charge in [-0.1, -0.05) is 29.8 Å². The van der Waals surface area contributed by atoms with E-state index in [4.69, 9.17) is 0 Å². The fourth-order valence-corrected chi connectivity index (χ4v) is 6.27. The summed E-state index contributed by atoms with van der Waals surface area (Å²) in [6, 6.07) is 11.5. The summed E-state index contributed by atoms with van der Waals surface area (Å²) in [5.41, 5.74) is 3.56. The summed E-state index contributed by atoms with van der Waals surface area (Å²) in [7, 11) is -3.65. The second-order valence-corrected chi connectivity index (χ2v) is 10.9. The molecule has 1 aliphatic heterocycles. The second kappa shape index (κ2) is 9.26. The number of anilines is 1. The average Bonchev–Trinajstić information content (AvgIpc) is 3.47. The highest BCUT2D eigenvalue weighted by molar-refractivity contribution is 7.89. The minimum Gasteiger partial charge on any atom is -0.345 e. The van der Waals surface area contributed by atoms with Gasteiger partial charge in [-0.3, -0.25) is 9.69 Å². The lowest BCUT2D eigenvalue weighted by Gasteiger charge is -2.33. The van der Waals surface area contributed by atoms with Crippen molar-refractivity contribution in [1.29, 1.82) is 0 Å². The number of rotatable bonds is 6. The van der Waals surface area contributed by atoms with Crippen molar-refractivity contribution < 1.29 is 13.2 Å². The Bertz CT molecular complexity index is 1420. The van der Waals surface area contributed by atoms with Gasteiger partial charge >= 0.3 is 0 Å². The molecule has 0 aliphatic carbocycles. The molecular formula is C23H24N6O3S2. The van der Waals surface area contributed by atoms with Crippen LogP contribution in [0.1, 0.15) is 5.56 Å². The van der Waals surface area contributed by atoms with Gasteiger partial charge < -0.3 is 10.3 Å². The lowest BCUT2D eigenvalue weighted by Crippen LogP contribution is -2.50. The summed E-state index contributed by atoms with van der Waals surface area (Å²) in [5.74, 6) is -0.163. The van der Waals surface area contributed by atoms with Crippen LogP contribution in [-0.2, 0) is 14.8 Å². The van der Waals surface area contributed by atoms with Crippen LogP contribution in [0, 0.1) is 6.92 Å². The van der Waals surface area contributed by atoms with Gasteiger partial charge in [0.2, 0.25) is 15.9 Å². The van der Waals surface area contributed by atoms with Gasteiger partial charge in [0.15, 0.2) is 5.13 Å². The zero-order valence-electron chi connectivity index (χ0n) is 18.6. The Labute approximate surface area is 201 Å². The van der Waals surface area contributed by atoms with Crippen LogP contribution in [0.25, 0.3) is 22.3 Å². The molecule has 176 valence electrons. The maximum atomic E-state index is 13.1. The Kier molecular flexibility index (Phi) is 6.17. The predicted molar refractivity (Wildman–Crippen MR) is 132 cm³/mol. The van der Waals surface area contributed by atoms with Crippen molar-refractivity contribution in [3.63, 3.8) is 0 Å². The molecule has 11 heteroatoms. The number of amides is 1. The molecular weight excluding hydrogens is 472 g/mol. The number of piperazine rings is 1. The largest absolute Gasteiger partial charge is 0.345 e. The molecule has 0 saturated carbocycles. The number of hydrogen-bond donors (Lipinski definition) is 2. The van der Waals surface area contributed by atoms with Gasteiger partial charge in [0.05, 0.1) is 12.2 Å². The standard InChI is InChI=1S/C23H24N6O3S2/c1-16-4-6-17(7-5-16)19-15-33-23(26-19)27-21(30)14-28-9-11-29(12-10-28)34(31,32)20-13-25-22-18(20)3-2-8-24-22/h2-8,13,15H,9-12,14H2,1H3,(H,24,25)(H,26,27,30). The van der Waals surface area contributed by atoms with E-state index in [1.54, 1.807) is 18.3 Å². The van der Waals surface area contributed by atoms with Gasteiger partial charge in [-0.15, -0.1) is 11.3 Å². The van der Waals surface area contributed by atoms with E-state index in [0.29, 0.717) is 42.3 Å². The van der Waals surface area contributed by atoms with Crippen LogP contribution in [0.2, 0.25) is 0 Å². The summed E-state index contributed by atoms with van der Waals surface area (Å²) in [4.78, 5) is 26.3. The van der Waals surface area contributed by atoms with Crippen LogP contribution in [-0.4, -0.2) is 71.2 Å². The van der Waals surface area contributed by atoms with Gasteiger partial charge in [-0.05, 0) is 19.1 Å². The molecule has 1 aromatic carbocycles. The highest BCUT2D eigenvalue weighted by Gasteiger charge is 2.31. The van der Waals surface area contributed by atoms with Crippen molar-refractivity contribution in [1.82, 2.24) is 24.2 Å². The third-order valence-electron chi connectivity index (χ3n) is 5.83. The fraction of sp³-hybridized carbons (Fsp3) is 0.261. The topological polar surface area (TPSA) is 111 Å². The minimum atomic E-state index is -3.65. The van der Waals surface area contributed by atoms with Crippen LogP contribution in [0.15, 0.2) is 59.1 Å². The van der Waals surface area contributed by atoms with E-state index in [0.717, 1.165) is 11.3 Å². The number of benzene rings is 1. The molecule has 1 saturated heterocycles. The first-order chi connectivity index (χ1) is 16.4. The van der Waals surface area contributed by atoms with Crippen LogP contribution in [0.4, 0.5) is 5.13 Å². The molecule has 0 radical (unpaired) electrons. The SMILES string of the molecule is Cc1ccc(-c2csc(NC(=O)CN3CCN(S(=O)(=O)c4c[nH]c5ncccc45)CC3)n2)cc1. The molecule has 0 unspecified atom stereocenters. The molecule has 34 heavy (non-hydrogen) atoms. The normalized spacial score (nSPS) is 15.6. The van der Waals surface area contributed by atoms with E-state index in [1.807, 2.05) is 41.5 Å². The van der Waals surface area contributed by atoms with Crippen LogP contribution in [0.3, 0.4) is 0 Å². The summed E-state index contributed by atoms with van der Waals surface area (Å²) in [6.45, 7) is 3.80. The summed E-state index contributed by atoms with van der Waals surface area (Å²) < 4.78 is 27.8. The lowest BCUT2D eigenvalue weighted by atomic mass is 10.1. The number of sulfonamides is 1. The first kappa shape index (κ1) is 22.7. The van der Waals surface area contributed by atoms with Crippen molar-refractivity contribution >= 4 is 43.4 Å². The molecule has 0 spiro atoms. The molecule has 9 nitrogen and oxygen atoms in total. The van der Waals surface area contributed by atoms with Gasteiger partial charge in [0.1, 0.15) is 10.5 Å². The first-order valence-electron chi connectivity index (χ1n) is 10.9. The summed E-state index contributed by atoms with van der Waals surface area (Å²) in [6.07, 6.45) is 3.11. The number of fused-ring (bicyclic) bond motifs is 1. The molecule has 0 bridgehead atoms. The smallest absolute Gasteiger partial charge is 0.245 e. The molecule has 1 fully saturated rings. The van der Waals surface area contributed by atoms with Crippen molar-refractivity contribution in [2.75, 3.05) is 38.0 Å². The second-order valence-electron chi connectivity index (χ2n) is 8.18. The van der Waals surface area contributed by atoms with Gasteiger partial charge in [0, 0.05) is 54.9 Å². The Hall–Kier alpha value is -3.12. The highest BCUT2D eigenvalue weighted by Crippen LogP contribution is 2.26. The predicted octanol–water partition coefficient (Wildman–Crippen LogP) is 2.94. The molecule has 4 aromatic rings. The highest BCUT2D eigenvalue weighted by atomic mass is 32.2. The van der Waals surface area contributed by atoms with Crippen molar-refractivity contribution in [2.45, 2.75) is 11.8 Å². The van der Waals surface area contributed by atoms with Gasteiger partial charge in [-0.2, -0.15) is 4.31 Å². The quantitative estimate of drug-likeness (QED) is 0.425. The zero-order chi connectivity index (χ0) is 23.7. The number of nitrogens with one attached hydrogen (secondary N) is 2. The maximum absolute atomic E-state index is 13.1. The number of thiazole rings is 1. The molecule has 2 N–H and O–H groups in total. The fourth-order valence-electron chi connectivity index (χ4n) is 3.96. The van der Waals surface area contributed by atoms with Gasteiger partial charge in [0.25, 0.3) is 0 Å². The Morgan fingerprint density at radius 2 is 1.91 bits per heavy atom. The van der Waals surface area contributed by atoms with Crippen LogP contribution in [0.5, 0.6) is 0 Å². The van der Waals surface area contributed by atoms with E-state index in [-0.39, 0.29) is 17.3 Å². The number of H-pyrrole nitrogens is 1. The van der Waals surface area contributed by atoms with Crippen LogP contribution >= 0.6 is 11.3 Å². The summed E-state index contributed by atoms with van der Waals surface area (Å²) >= 11 is 1.38. The van der Waals surface area contributed by atoms with E-state index >= 15 is 0 Å². The number of carbonyl (C=O) groups is 1. The monoisotopic (exact) mass is 496 g/mol. The number of aromatic amines is 1. The number of pyridine rings is 1. The molecule has 3 aromatic heterocycles. The van der Waals surface area contributed by atoms with Crippen molar-refractivity contribution in [3.05, 3.63) is 59.7 Å².